The molecule has 168 valence electrons. The number of amides is 2. The summed E-state index contributed by atoms with van der Waals surface area (Å²) in [5.74, 6) is -0.632. The maximum absolute atomic E-state index is 13.1. The molecule has 1 saturated heterocycles. The monoisotopic (exact) mass is 453 g/mol. The number of sulfonamides is 1. The van der Waals surface area contributed by atoms with E-state index in [0.29, 0.717) is 11.5 Å². The molecule has 0 aliphatic carbocycles. The van der Waals surface area contributed by atoms with Gasteiger partial charge in [0.2, 0.25) is 10.0 Å². The molecule has 0 bridgehead atoms. The van der Waals surface area contributed by atoms with Gasteiger partial charge in [-0.05, 0) is 24.3 Å². The number of carbonyl (C=O) groups excluding carboxylic acids is 2. The Hall–Kier alpha value is -3.09. The summed E-state index contributed by atoms with van der Waals surface area (Å²) in [5, 5.41) is 4.80. The Morgan fingerprint density at radius 1 is 1.13 bits per heavy atom. The predicted molar refractivity (Wildman–Crippen MR) is 107 cm³/mol. The number of nitrogens with zero attached hydrogens (tertiary/aromatic N) is 1. The SMILES string of the molecule is COc1ccc(S(=O)(=O)N2CCO[C@H]2CNC(=O)C(=O)NCc2ccco2)cc1OC. The van der Waals surface area contributed by atoms with E-state index in [0.717, 1.165) is 4.31 Å². The third-order valence-electron chi connectivity index (χ3n) is 4.55. The lowest BCUT2D eigenvalue weighted by atomic mass is 10.3. The first kappa shape index (κ1) is 22.6. The third kappa shape index (κ3) is 5.16. The van der Waals surface area contributed by atoms with Gasteiger partial charge in [0, 0.05) is 12.6 Å². The second kappa shape index (κ2) is 9.81. The van der Waals surface area contributed by atoms with Crippen LogP contribution in [0.1, 0.15) is 5.76 Å². The highest BCUT2D eigenvalue weighted by Gasteiger charge is 2.37. The molecule has 2 amide bonds. The van der Waals surface area contributed by atoms with E-state index in [4.69, 9.17) is 18.6 Å². The Balaban J connectivity index is 1.62. The van der Waals surface area contributed by atoms with Gasteiger partial charge >= 0.3 is 11.8 Å². The molecule has 1 aromatic heterocycles. The van der Waals surface area contributed by atoms with Gasteiger partial charge in [0.15, 0.2) is 11.5 Å². The van der Waals surface area contributed by atoms with E-state index in [1.165, 1.54) is 38.7 Å². The van der Waals surface area contributed by atoms with Crippen molar-refractivity contribution < 1.29 is 36.6 Å². The van der Waals surface area contributed by atoms with Crippen LogP contribution in [0.15, 0.2) is 45.9 Å². The fourth-order valence-corrected chi connectivity index (χ4v) is 4.50. The quantitative estimate of drug-likeness (QED) is 0.536. The standard InChI is InChI=1S/C19H23N3O8S/c1-27-15-6-5-14(10-16(15)28-2)31(25,26)22-7-9-30-17(22)12-21-19(24)18(23)20-11-13-4-3-8-29-13/h3-6,8,10,17H,7,9,11-12H2,1-2H3,(H,20,23)(H,21,24)/t17-/m0/s1. The largest absolute Gasteiger partial charge is 0.493 e. The van der Waals surface area contributed by atoms with Crippen molar-refractivity contribution in [1.82, 2.24) is 14.9 Å². The number of furan rings is 1. The number of rotatable bonds is 8. The highest BCUT2D eigenvalue weighted by molar-refractivity contribution is 7.89. The molecule has 0 radical (unpaired) electrons. The summed E-state index contributed by atoms with van der Waals surface area (Å²) in [4.78, 5) is 23.9. The van der Waals surface area contributed by atoms with Gasteiger partial charge in [0.05, 0.1) is 45.1 Å². The van der Waals surface area contributed by atoms with Crippen LogP contribution in [-0.4, -0.2) is 64.7 Å². The Bertz CT molecular complexity index is 1020. The van der Waals surface area contributed by atoms with E-state index in [2.05, 4.69) is 10.6 Å². The van der Waals surface area contributed by atoms with Crippen LogP contribution in [-0.2, 0) is 30.9 Å². The van der Waals surface area contributed by atoms with Gasteiger partial charge in [-0.1, -0.05) is 0 Å². The van der Waals surface area contributed by atoms with E-state index >= 15 is 0 Å². The maximum Gasteiger partial charge on any atom is 0.309 e. The fourth-order valence-electron chi connectivity index (χ4n) is 2.98. The molecular weight excluding hydrogens is 430 g/mol. The first-order valence-electron chi connectivity index (χ1n) is 9.30. The minimum absolute atomic E-state index is 0.0110. The lowest BCUT2D eigenvalue weighted by Crippen LogP contribution is -2.47. The van der Waals surface area contributed by atoms with Crippen molar-refractivity contribution in [2.45, 2.75) is 17.7 Å². The number of hydrogen-bond donors (Lipinski definition) is 2. The predicted octanol–water partition coefficient (Wildman–Crippen LogP) is 0.0764. The number of methoxy groups -OCH3 is 2. The van der Waals surface area contributed by atoms with Crippen LogP contribution in [0.4, 0.5) is 0 Å². The summed E-state index contributed by atoms with van der Waals surface area (Å²) in [7, 11) is -1.09. The van der Waals surface area contributed by atoms with Crippen molar-refractivity contribution in [2.24, 2.45) is 0 Å². The van der Waals surface area contributed by atoms with Crippen molar-refractivity contribution in [3.63, 3.8) is 0 Å². The highest BCUT2D eigenvalue weighted by Crippen LogP contribution is 2.31. The molecule has 1 fully saturated rings. The number of nitrogens with one attached hydrogen (secondary N) is 2. The van der Waals surface area contributed by atoms with E-state index in [9.17, 15) is 18.0 Å². The molecule has 2 N–H and O–H groups in total. The summed E-state index contributed by atoms with van der Waals surface area (Å²) < 4.78 is 48.1. The molecule has 11 nitrogen and oxygen atoms in total. The lowest BCUT2D eigenvalue weighted by Gasteiger charge is -2.23. The first-order chi connectivity index (χ1) is 14.9. The Labute approximate surface area is 179 Å². The number of ether oxygens (including phenoxy) is 3. The van der Waals surface area contributed by atoms with Crippen molar-refractivity contribution >= 4 is 21.8 Å². The molecule has 31 heavy (non-hydrogen) atoms. The molecule has 2 aromatic rings. The van der Waals surface area contributed by atoms with Crippen molar-refractivity contribution in [2.75, 3.05) is 33.9 Å². The van der Waals surface area contributed by atoms with Gasteiger partial charge in [-0.2, -0.15) is 4.31 Å². The van der Waals surface area contributed by atoms with Gasteiger partial charge in [0.1, 0.15) is 12.0 Å². The number of carbonyl (C=O) groups is 2. The molecule has 1 aliphatic rings. The van der Waals surface area contributed by atoms with Crippen molar-refractivity contribution in [1.29, 1.82) is 0 Å². The fraction of sp³-hybridized carbons (Fsp3) is 0.368. The number of benzene rings is 1. The zero-order valence-electron chi connectivity index (χ0n) is 17.0. The number of hydrogen-bond acceptors (Lipinski definition) is 8. The van der Waals surface area contributed by atoms with Crippen LogP contribution in [0.25, 0.3) is 0 Å². The maximum atomic E-state index is 13.1. The summed E-state index contributed by atoms with van der Waals surface area (Å²) >= 11 is 0. The minimum atomic E-state index is -3.94. The topological polar surface area (TPSA) is 136 Å². The molecule has 1 atom stereocenters. The van der Waals surface area contributed by atoms with Gasteiger partial charge in [-0.15, -0.1) is 0 Å². The van der Waals surface area contributed by atoms with Crippen LogP contribution in [0, 0.1) is 0 Å². The van der Waals surface area contributed by atoms with Crippen LogP contribution < -0.4 is 20.1 Å². The average Bonchev–Trinajstić information content (AvgIpc) is 3.47. The van der Waals surface area contributed by atoms with Gasteiger partial charge in [0.25, 0.3) is 0 Å². The molecule has 1 aromatic carbocycles. The highest BCUT2D eigenvalue weighted by atomic mass is 32.2. The van der Waals surface area contributed by atoms with Gasteiger partial charge in [-0.3, -0.25) is 9.59 Å². The molecule has 12 heteroatoms. The molecule has 0 spiro atoms. The third-order valence-corrected chi connectivity index (χ3v) is 6.44. The molecule has 0 saturated carbocycles. The smallest absolute Gasteiger partial charge is 0.309 e. The molecule has 2 heterocycles. The molecule has 1 aliphatic heterocycles. The van der Waals surface area contributed by atoms with Crippen LogP contribution in [0.5, 0.6) is 11.5 Å². The molecule has 3 rings (SSSR count). The molecule has 0 unspecified atom stereocenters. The normalized spacial score (nSPS) is 16.6. The zero-order chi connectivity index (χ0) is 22.4. The van der Waals surface area contributed by atoms with E-state index in [-0.39, 0.29) is 36.9 Å². The second-order valence-electron chi connectivity index (χ2n) is 6.43. The van der Waals surface area contributed by atoms with Crippen LogP contribution in [0.2, 0.25) is 0 Å². The van der Waals surface area contributed by atoms with Gasteiger partial charge in [-0.25, -0.2) is 8.42 Å². The van der Waals surface area contributed by atoms with Crippen molar-refractivity contribution in [3.05, 3.63) is 42.4 Å². The van der Waals surface area contributed by atoms with Gasteiger partial charge < -0.3 is 29.3 Å². The zero-order valence-corrected chi connectivity index (χ0v) is 17.8. The first-order valence-corrected chi connectivity index (χ1v) is 10.7. The van der Waals surface area contributed by atoms with E-state index < -0.39 is 28.1 Å². The summed E-state index contributed by atoms with van der Waals surface area (Å²) in [5.41, 5.74) is 0. The molecular formula is C19H23N3O8S. The van der Waals surface area contributed by atoms with E-state index in [1.807, 2.05) is 0 Å². The Kier molecular flexibility index (Phi) is 7.15. The average molecular weight is 453 g/mol. The summed E-state index contributed by atoms with van der Waals surface area (Å²) in [6.07, 6.45) is 0.492. The summed E-state index contributed by atoms with van der Waals surface area (Å²) in [6.45, 7) is 0.109. The van der Waals surface area contributed by atoms with Crippen LogP contribution in [0.3, 0.4) is 0 Å². The Morgan fingerprint density at radius 2 is 1.87 bits per heavy atom. The van der Waals surface area contributed by atoms with Crippen molar-refractivity contribution in [3.8, 4) is 11.5 Å². The Morgan fingerprint density at radius 3 is 2.55 bits per heavy atom. The lowest BCUT2D eigenvalue weighted by molar-refractivity contribution is -0.139. The minimum Gasteiger partial charge on any atom is -0.493 e. The van der Waals surface area contributed by atoms with E-state index in [1.54, 1.807) is 12.1 Å². The second-order valence-corrected chi connectivity index (χ2v) is 8.32. The summed E-state index contributed by atoms with van der Waals surface area (Å²) in [6, 6.07) is 7.55. The van der Waals surface area contributed by atoms with Crippen LogP contribution >= 0.6 is 0 Å².